The van der Waals surface area contributed by atoms with Crippen molar-refractivity contribution >= 4 is 29.5 Å². The molecule has 1 rings (SSSR count). The van der Waals surface area contributed by atoms with Gasteiger partial charge < -0.3 is 4.74 Å². The molecule has 0 radical (unpaired) electrons. The Kier molecular flexibility index (Phi) is 5.51. The zero-order valence-electron chi connectivity index (χ0n) is 10.7. The lowest BCUT2D eigenvalue weighted by Gasteiger charge is -2.13. The third-order valence-electron chi connectivity index (χ3n) is 2.29. The topological polar surface area (TPSA) is 63.0 Å². The molecule has 0 spiro atoms. The van der Waals surface area contributed by atoms with Gasteiger partial charge in [-0.15, -0.1) is 23.5 Å². The van der Waals surface area contributed by atoms with Crippen molar-refractivity contribution < 1.29 is 9.53 Å². The summed E-state index contributed by atoms with van der Waals surface area (Å²) in [5, 5.41) is 9.87. The molecule has 0 aliphatic carbocycles. The number of nitriles is 1. The molecule has 0 unspecified atom stereocenters. The summed E-state index contributed by atoms with van der Waals surface area (Å²) in [6, 6.07) is 2.12. The molecule has 0 fully saturated rings. The fourth-order valence-electron chi connectivity index (χ4n) is 1.54. The van der Waals surface area contributed by atoms with Gasteiger partial charge in [0.1, 0.15) is 11.1 Å². The van der Waals surface area contributed by atoms with Crippen LogP contribution in [0.1, 0.15) is 28.5 Å². The summed E-state index contributed by atoms with van der Waals surface area (Å²) >= 11 is 2.77. The number of aromatic nitrogens is 1. The summed E-state index contributed by atoms with van der Waals surface area (Å²) in [5.74, 6) is -0.420. The third kappa shape index (κ3) is 2.79. The highest BCUT2D eigenvalue weighted by Gasteiger charge is 2.22. The number of rotatable bonds is 4. The van der Waals surface area contributed by atoms with Crippen LogP contribution in [0.2, 0.25) is 0 Å². The highest BCUT2D eigenvalue weighted by Crippen LogP contribution is 2.32. The minimum atomic E-state index is -0.420. The fourth-order valence-corrected chi connectivity index (χ4v) is 2.97. The van der Waals surface area contributed by atoms with E-state index in [1.165, 1.54) is 23.5 Å². The highest BCUT2D eigenvalue weighted by atomic mass is 32.2. The van der Waals surface area contributed by atoms with E-state index in [0.29, 0.717) is 33.3 Å². The number of pyridine rings is 1. The van der Waals surface area contributed by atoms with Crippen LogP contribution < -0.4 is 0 Å². The van der Waals surface area contributed by atoms with Crippen LogP contribution in [0.4, 0.5) is 0 Å². The number of hydrogen-bond acceptors (Lipinski definition) is 6. The number of hydrogen-bond donors (Lipinski definition) is 0. The lowest BCUT2D eigenvalue weighted by Crippen LogP contribution is -2.11. The smallest absolute Gasteiger partial charge is 0.341 e. The standard InChI is InChI=1S/C12H14N2O2S2/c1-5-16-12(15)9-7(2)14-11(18-4)8(6-13)10(9)17-3/h5H2,1-4H3. The zero-order chi connectivity index (χ0) is 13.7. The molecule has 1 aromatic rings. The molecule has 96 valence electrons. The van der Waals surface area contributed by atoms with E-state index >= 15 is 0 Å². The van der Waals surface area contributed by atoms with Crippen molar-refractivity contribution in [2.75, 3.05) is 19.1 Å². The van der Waals surface area contributed by atoms with Crippen molar-refractivity contribution in [3.8, 4) is 6.07 Å². The van der Waals surface area contributed by atoms with Crippen LogP contribution in [-0.2, 0) is 4.74 Å². The summed E-state index contributed by atoms with van der Waals surface area (Å²) in [7, 11) is 0. The number of aryl methyl sites for hydroxylation is 1. The van der Waals surface area contributed by atoms with Crippen molar-refractivity contribution in [3.05, 3.63) is 16.8 Å². The number of thioether (sulfide) groups is 2. The van der Waals surface area contributed by atoms with Crippen molar-refractivity contribution in [2.45, 2.75) is 23.8 Å². The lowest BCUT2D eigenvalue weighted by molar-refractivity contribution is 0.0520. The van der Waals surface area contributed by atoms with Crippen LogP contribution in [0.3, 0.4) is 0 Å². The highest BCUT2D eigenvalue weighted by molar-refractivity contribution is 7.99. The molecule has 0 saturated heterocycles. The molecule has 0 saturated carbocycles. The predicted octanol–water partition coefficient (Wildman–Crippen LogP) is 2.88. The van der Waals surface area contributed by atoms with Gasteiger partial charge in [0.25, 0.3) is 0 Å². The first-order valence-electron chi connectivity index (χ1n) is 5.30. The van der Waals surface area contributed by atoms with E-state index in [-0.39, 0.29) is 0 Å². The number of nitrogens with zero attached hydrogens (tertiary/aromatic N) is 2. The first kappa shape index (κ1) is 14.9. The van der Waals surface area contributed by atoms with E-state index in [1.807, 2.05) is 12.5 Å². The van der Waals surface area contributed by atoms with E-state index in [4.69, 9.17) is 4.74 Å². The molecular weight excluding hydrogens is 268 g/mol. The SMILES string of the molecule is CCOC(=O)c1c(C)nc(SC)c(C#N)c1SC. The second kappa shape index (κ2) is 6.66. The van der Waals surface area contributed by atoms with E-state index in [0.717, 1.165) is 0 Å². The molecule has 1 heterocycles. The molecule has 0 aliphatic rings. The maximum atomic E-state index is 11.9. The normalized spacial score (nSPS) is 9.94. The largest absolute Gasteiger partial charge is 0.462 e. The second-order valence-electron chi connectivity index (χ2n) is 3.32. The first-order valence-corrected chi connectivity index (χ1v) is 7.75. The second-order valence-corrected chi connectivity index (χ2v) is 4.93. The summed E-state index contributed by atoms with van der Waals surface area (Å²) < 4.78 is 5.02. The van der Waals surface area contributed by atoms with E-state index < -0.39 is 5.97 Å². The van der Waals surface area contributed by atoms with Crippen molar-refractivity contribution in [1.29, 1.82) is 5.26 Å². The van der Waals surface area contributed by atoms with Gasteiger partial charge in [0, 0.05) is 4.90 Å². The molecule has 0 bridgehead atoms. The van der Waals surface area contributed by atoms with Crippen molar-refractivity contribution in [1.82, 2.24) is 4.98 Å². The number of esters is 1. The fraction of sp³-hybridized carbons (Fsp3) is 0.417. The van der Waals surface area contributed by atoms with Gasteiger partial charge in [0.15, 0.2) is 0 Å². The zero-order valence-corrected chi connectivity index (χ0v) is 12.4. The number of ether oxygens (including phenoxy) is 1. The maximum Gasteiger partial charge on any atom is 0.341 e. The summed E-state index contributed by atoms with van der Waals surface area (Å²) in [4.78, 5) is 16.9. The van der Waals surface area contributed by atoms with Crippen LogP contribution in [0.15, 0.2) is 9.92 Å². The molecule has 0 amide bonds. The van der Waals surface area contributed by atoms with Gasteiger partial charge >= 0.3 is 5.97 Å². The Labute approximate surface area is 115 Å². The molecule has 0 N–H and O–H groups in total. The maximum absolute atomic E-state index is 11.9. The van der Waals surface area contributed by atoms with Crippen molar-refractivity contribution in [2.24, 2.45) is 0 Å². The van der Waals surface area contributed by atoms with Crippen LogP contribution >= 0.6 is 23.5 Å². The van der Waals surface area contributed by atoms with Gasteiger partial charge in [0.2, 0.25) is 0 Å². The van der Waals surface area contributed by atoms with E-state index in [1.54, 1.807) is 13.8 Å². The Morgan fingerprint density at radius 3 is 2.56 bits per heavy atom. The number of carbonyl (C=O) groups excluding carboxylic acids is 1. The summed E-state index contributed by atoms with van der Waals surface area (Å²) in [6.45, 7) is 3.81. The predicted molar refractivity (Wildman–Crippen MR) is 73.2 cm³/mol. The Morgan fingerprint density at radius 2 is 2.11 bits per heavy atom. The van der Waals surface area contributed by atoms with Gasteiger partial charge in [-0.1, -0.05) is 0 Å². The number of carbonyl (C=O) groups is 1. The van der Waals surface area contributed by atoms with Crippen LogP contribution in [0.5, 0.6) is 0 Å². The average Bonchev–Trinajstić information content (AvgIpc) is 2.37. The molecular formula is C12H14N2O2S2. The average molecular weight is 282 g/mol. The molecule has 0 aromatic carbocycles. The van der Waals surface area contributed by atoms with E-state index in [2.05, 4.69) is 11.1 Å². The summed E-state index contributed by atoms with van der Waals surface area (Å²) in [6.07, 6.45) is 3.69. The van der Waals surface area contributed by atoms with Crippen LogP contribution in [0, 0.1) is 18.3 Å². The Morgan fingerprint density at radius 1 is 1.44 bits per heavy atom. The van der Waals surface area contributed by atoms with Gasteiger partial charge in [-0.25, -0.2) is 9.78 Å². The first-order chi connectivity index (χ1) is 8.60. The minimum absolute atomic E-state index is 0.304. The lowest BCUT2D eigenvalue weighted by atomic mass is 10.1. The quantitative estimate of drug-likeness (QED) is 0.625. The molecule has 6 heteroatoms. The molecule has 0 atom stereocenters. The van der Waals surface area contributed by atoms with Crippen LogP contribution in [-0.4, -0.2) is 30.1 Å². The van der Waals surface area contributed by atoms with Gasteiger partial charge in [-0.05, 0) is 26.4 Å². The summed E-state index contributed by atoms with van der Waals surface area (Å²) in [5.41, 5.74) is 1.45. The molecule has 1 aromatic heterocycles. The Hall–Kier alpha value is -1.19. The van der Waals surface area contributed by atoms with E-state index in [9.17, 15) is 10.1 Å². The van der Waals surface area contributed by atoms with Gasteiger partial charge in [0.05, 0.1) is 23.4 Å². The Bertz CT molecular complexity index is 510. The monoisotopic (exact) mass is 282 g/mol. The molecule has 0 aliphatic heterocycles. The minimum Gasteiger partial charge on any atom is -0.462 e. The van der Waals surface area contributed by atoms with Gasteiger partial charge in [-0.3, -0.25) is 0 Å². The van der Waals surface area contributed by atoms with Crippen molar-refractivity contribution in [3.63, 3.8) is 0 Å². The Balaban J connectivity index is 3.52. The molecule has 18 heavy (non-hydrogen) atoms. The van der Waals surface area contributed by atoms with Gasteiger partial charge in [-0.2, -0.15) is 5.26 Å². The third-order valence-corrected chi connectivity index (χ3v) is 3.79. The molecule has 4 nitrogen and oxygen atoms in total. The van der Waals surface area contributed by atoms with Crippen LogP contribution in [0.25, 0.3) is 0 Å².